The molecule has 0 radical (unpaired) electrons. The summed E-state index contributed by atoms with van der Waals surface area (Å²) in [5.74, 6) is -1.18. The first kappa shape index (κ1) is 20.6. The van der Waals surface area contributed by atoms with Gasteiger partial charge in [-0.05, 0) is 80.3 Å². The second kappa shape index (κ2) is 9.58. The number of carbonyl (C=O) groups is 2. The van der Waals surface area contributed by atoms with Gasteiger partial charge in [0.05, 0.1) is 12.2 Å². The quantitative estimate of drug-likeness (QED) is 0.344. The number of amides is 1. The SMILES string of the molecule is CC(=O)NCl.Cc1c(I)c(CO)c(I)c(C(=O)O)c1I. The van der Waals surface area contributed by atoms with E-state index < -0.39 is 5.97 Å². The van der Waals surface area contributed by atoms with E-state index in [9.17, 15) is 14.7 Å². The van der Waals surface area contributed by atoms with E-state index in [1.165, 1.54) is 6.92 Å². The lowest BCUT2D eigenvalue weighted by molar-refractivity contribution is -0.117. The van der Waals surface area contributed by atoms with Crippen LogP contribution in [0.25, 0.3) is 0 Å². The summed E-state index contributed by atoms with van der Waals surface area (Å²) < 4.78 is 2.31. The van der Waals surface area contributed by atoms with E-state index >= 15 is 0 Å². The minimum Gasteiger partial charge on any atom is -0.478 e. The molecule has 0 aromatic heterocycles. The van der Waals surface area contributed by atoms with Gasteiger partial charge in [0.1, 0.15) is 0 Å². The molecule has 3 N–H and O–H groups in total. The lowest BCUT2D eigenvalue weighted by atomic mass is 10.1. The summed E-state index contributed by atoms with van der Waals surface area (Å²) in [5.41, 5.74) is 1.91. The minimum absolute atomic E-state index is 0.130. The van der Waals surface area contributed by atoms with Crippen molar-refractivity contribution in [3.8, 4) is 0 Å². The summed E-state index contributed by atoms with van der Waals surface area (Å²) in [6, 6.07) is 0. The molecule has 1 amide bonds. The second-order valence-corrected chi connectivity index (χ2v) is 6.96. The number of aliphatic hydroxyl groups is 1. The molecule has 1 aromatic rings. The van der Waals surface area contributed by atoms with E-state index in [0.717, 1.165) is 12.7 Å². The average Bonchev–Trinajstić information content (AvgIpc) is 2.37. The number of hydrogen-bond acceptors (Lipinski definition) is 3. The van der Waals surface area contributed by atoms with Crippen molar-refractivity contribution in [2.75, 3.05) is 0 Å². The maximum Gasteiger partial charge on any atom is 0.337 e. The first-order valence-electron chi connectivity index (χ1n) is 5.06. The summed E-state index contributed by atoms with van der Waals surface area (Å²) in [4.78, 5) is 22.5. The Balaban J connectivity index is 0.000000621. The van der Waals surface area contributed by atoms with Crippen LogP contribution in [0.5, 0.6) is 0 Å². The van der Waals surface area contributed by atoms with Gasteiger partial charge in [-0.15, -0.1) is 0 Å². The predicted molar refractivity (Wildman–Crippen MR) is 102 cm³/mol. The van der Waals surface area contributed by atoms with E-state index in [-0.39, 0.29) is 18.1 Å². The zero-order valence-electron chi connectivity index (χ0n) is 10.4. The fourth-order valence-electron chi connectivity index (χ4n) is 1.18. The Hall–Kier alpha value is 0.600. The van der Waals surface area contributed by atoms with Crippen molar-refractivity contribution >= 4 is 91.4 Å². The third-order valence-corrected chi connectivity index (χ3v) is 6.40. The molecule has 0 saturated heterocycles. The first-order valence-corrected chi connectivity index (χ1v) is 8.67. The molecular formula is C11H11ClI3NO4. The fourth-order valence-corrected chi connectivity index (χ4v) is 5.15. The number of aliphatic hydroxyl groups excluding tert-OH is 1. The van der Waals surface area contributed by atoms with Gasteiger partial charge in [0.2, 0.25) is 5.91 Å². The van der Waals surface area contributed by atoms with Crippen molar-refractivity contribution in [2.24, 2.45) is 0 Å². The smallest absolute Gasteiger partial charge is 0.337 e. The molecule has 0 saturated carbocycles. The van der Waals surface area contributed by atoms with E-state index in [1.54, 1.807) is 0 Å². The van der Waals surface area contributed by atoms with Crippen molar-refractivity contribution in [2.45, 2.75) is 20.5 Å². The zero-order chi connectivity index (χ0) is 16.0. The zero-order valence-corrected chi connectivity index (χ0v) is 17.7. The Labute approximate surface area is 162 Å². The third kappa shape index (κ3) is 5.42. The van der Waals surface area contributed by atoms with E-state index in [0.29, 0.717) is 9.13 Å². The highest BCUT2D eigenvalue weighted by Gasteiger charge is 2.21. The van der Waals surface area contributed by atoms with E-state index in [2.05, 4.69) is 22.6 Å². The largest absolute Gasteiger partial charge is 0.478 e. The summed E-state index contributed by atoms with van der Waals surface area (Å²) in [7, 11) is 0. The predicted octanol–water partition coefficient (Wildman–Crippen LogP) is 3.28. The number of carboxylic acid groups (broad SMARTS) is 1. The molecule has 0 bridgehead atoms. The molecule has 1 rings (SSSR count). The molecule has 0 aliphatic carbocycles. The van der Waals surface area contributed by atoms with Gasteiger partial charge in [0.25, 0.3) is 0 Å². The van der Waals surface area contributed by atoms with Gasteiger partial charge in [0.15, 0.2) is 0 Å². The molecule has 0 heterocycles. The lowest BCUT2D eigenvalue weighted by Gasteiger charge is -2.13. The number of nitrogens with one attached hydrogen (secondary N) is 1. The molecule has 0 fully saturated rings. The van der Waals surface area contributed by atoms with Crippen molar-refractivity contribution in [3.05, 3.63) is 27.4 Å². The number of rotatable bonds is 2. The molecule has 0 atom stereocenters. The number of hydrogen-bond donors (Lipinski definition) is 3. The van der Waals surface area contributed by atoms with Crippen LogP contribution in [0, 0.1) is 17.6 Å². The van der Waals surface area contributed by atoms with Crippen molar-refractivity contribution in [3.63, 3.8) is 0 Å². The Morgan fingerprint density at radius 1 is 1.20 bits per heavy atom. The summed E-state index contributed by atoms with van der Waals surface area (Å²) in [5, 5.41) is 18.3. The topological polar surface area (TPSA) is 86.6 Å². The molecule has 20 heavy (non-hydrogen) atoms. The van der Waals surface area contributed by atoms with Gasteiger partial charge in [0, 0.05) is 35.0 Å². The van der Waals surface area contributed by atoms with Gasteiger partial charge in [-0.1, -0.05) is 0 Å². The maximum absolute atomic E-state index is 11.1. The van der Waals surface area contributed by atoms with Gasteiger partial charge in [-0.2, -0.15) is 0 Å². The van der Waals surface area contributed by atoms with Gasteiger partial charge >= 0.3 is 5.97 Å². The normalized spacial score (nSPS) is 9.55. The molecule has 112 valence electrons. The number of carboxylic acids is 1. The molecule has 9 heteroatoms. The number of aromatic carboxylic acids is 1. The van der Waals surface area contributed by atoms with E-state index in [4.69, 9.17) is 16.9 Å². The fraction of sp³-hybridized carbons (Fsp3) is 0.273. The van der Waals surface area contributed by atoms with Crippen LogP contribution in [-0.2, 0) is 11.4 Å². The van der Waals surface area contributed by atoms with Crippen LogP contribution in [0.1, 0.15) is 28.4 Å². The Bertz CT molecular complexity index is 537. The highest BCUT2D eigenvalue weighted by molar-refractivity contribution is 14.1. The first-order chi connectivity index (χ1) is 9.18. The lowest BCUT2D eigenvalue weighted by Crippen LogP contribution is -2.10. The Morgan fingerprint density at radius 2 is 1.65 bits per heavy atom. The van der Waals surface area contributed by atoms with Crippen LogP contribution < -0.4 is 4.84 Å². The molecule has 0 unspecified atom stereocenters. The molecule has 1 aromatic carbocycles. The minimum atomic E-state index is -0.946. The second-order valence-electron chi connectivity index (χ2n) is 3.53. The van der Waals surface area contributed by atoms with Crippen LogP contribution >= 0.6 is 79.5 Å². The summed E-state index contributed by atoms with van der Waals surface area (Å²) in [6.07, 6.45) is 0. The number of halogens is 4. The highest BCUT2D eigenvalue weighted by Crippen LogP contribution is 2.31. The van der Waals surface area contributed by atoms with Crippen molar-refractivity contribution in [1.29, 1.82) is 0 Å². The monoisotopic (exact) mass is 637 g/mol. The van der Waals surface area contributed by atoms with Crippen LogP contribution in [0.3, 0.4) is 0 Å². The number of carbonyl (C=O) groups excluding carboxylic acids is 1. The van der Waals surface area contributed by atoms with Crippen LogP contribution in [-0.4, -0.2) is 22.1 Å². The van der Waals surface area contributed by atoms with Crippen LogP contribution in [0.15, 0.2) is 0 Å². The standard InChI is InChI=1S/C9H7I3O3.C2H4ClNO/c1-3-6(10)4(2-13)8(12)5(7(3)11)9(14)15;1-2(5)4-3/h13H,2H2,1H3,(H,14,15);1H3,(H,4,5). The average molecular weight is 637 g/mol. The Morgan fingerprint density at radius 3 is 1.95 bits per heavy atom. The van der Waals surface area contributed by atoms with Crippen molar-refractivity contribution < 1.29 is 19.8 Å². The van der Waals surface area contributed by atoms with Gasteiger partial charge in [-0.25, -0.2) is 4.79 Å². The molecule has 0 aliphatic rings. The van der Waals surface area contributed by atoms with Gasteiger partial charge < -0.3 is 10.2 Å². The molecule has 0 aliphatic heterocycles. The van der Waals surface area contributed by atoms with Gasteiger partial charge in [-0.3, -0.25) is 9.63 Å². The summed E-state index contributed by atoms with van der Waals surface area (Å²) >= 11 is 10.9. The van der Waals surface area contributed by atoms with Crippen LogP contribution in [0.2, 0.25) is 0 Å². The van der Waals surface area contributed by atoms with Crippen LogP contribution in [0.4, 0.5) is 0 Å². The molecule has 5 nitrogen and oxygen atoms in total. The highest BCUT2D eigenvalue weighted by atomic mass is 127. The summed E-state index contributed by atoms with van der Waals surface area (Å²) in [6.45, 7) is 3.08. The Kier molecular flexibility index (Phi) is 9.87. The van der Waals surface area contributed by atoms with Crippen molar-refractivity contribution in [1.82, 2.24) is 4.84 Å². The molecular weight excluding hydrogens is 626 g/mol. The van der Waals surface area contributed by atoms with E-state index in [1.807, 2.05) is 56.9 Å². The third-order valence-electron chi connectivity index (χ3n) is 2.13. The number of benzene rings is 1. The maximum atomic E-state index is 11.1. The molecule has 0 spiro atoms.